The fourth-order valence-corrected chi connectivity index (χ4v) is 4.39. The molecule has 4 rings (SSSR count). The van der Waals surface area contributed by atoms with Gasteiger partial charge in [0.25, 0.3) is 5.91 Å². The second kappa shape index (κ2) is 8.92. The van der Waals surface area contributed by atoms with Crippen LogP contribution >= 0.6 is 15.9 Å². The van der Waals surface area contributed by atoms with Crippen LogP contribution in [0.2, 0.25) is 0 Å². The lowest BCUT2D eigenvalue weighted by Gasteiger charge is -2.30. The molecule has 0 atom stereocenters. The first-order valence-electron chi connectivity index (χ1n) is 9.98. The van der Waals surface area contributed by atoms with Gasteiger partial charge in [-0.05, 0) is 64.7 Å². The average molecular weight is 471 g/mol. The predicted molar refractivity (Wildman–Crippen MR) is 118 cm³/mol. The van der Waals surface area contributed by atoms with Gasteiger partial charge in [0, 0.05) is 6.04 Å². The van der Waals surface area contributed by atoms with Crippen molar-refractivity contribution in [2.24, 2.45) is 0 Å². The van der Waals surface area contributed by atoms with Crippen molar-refractivity contribution in [1.82, 2.24) is 5.32 Å². The van der Waals surface area contributed by atoms with Gasteiger partial charge in [0.05, 0.1) is 17.3 Å². The lowest BCUT2D eigenvalue weighted by atomic mass is 10.1. The van der Waals surface area contributed by atoms with Gasteiger partial charge in [-0.3, -0.25) is 14.5 Å². The molecule has 0 spiro atoms. The van der Waals surface area contributed by atoms with Crippen molar-refractivity contribution < 1.29 is 19.1 Å². The molecule has 0 aromatic heterocycles. The van der Waals surface area contributed by atoms with Crippen LogP contribution in [0.15, 0.2) is 52.7 Å². The molecular formula is C23H23BrN2O4. The molecule has 0 unspecified atom stereocenters. The molecule has 156 valence electrons. The Morgan fingerprint density at radius 1 is 1.27 bits per heavy atom. The van der Waals surface area contributed by atoms with Gasteiger partial charge >= 0.3 is 0 Å². The Hall–Kier alpha value is -2.80. The van der Waals surface area contributed by atoms with Gasteiger partial charge in [0.15, 0.2) is 11.5 Å². The number of carbonyl (C=O) groups is 2. The number of anilines is 1. The second-order valence-electron chi connectivity index (χ2n) is 7.41. The zero-order valence-electron chi connectivity index (χ0n) is 16.7. The maximum absolute atomic E-state index is 13.2. The van der Waals surface area contributed by atoms with Crippen molar-refractivity contribution in [3.05, 3.63) is 58.3 Å². The summed E-state index contributed by atoms with van der Waals surface area (Å²) in [5.74, 6) is 0.910. The molecule has 2 aromatic rings. The molecular weight excluding hydrogens is 448 g/mol. The summed E-state index contributed by atoms with van der Waals surface area (Å²) in [6.07, 6.45) is 5.93. The molecule has 7 heteroatoms. The SMILES string of the molecule is COc1ccc(C=C2Oc3ccccc3N(CC(=O)NC3CCCC3)C2=O)cc1Br. The highest BCUT2D eigenvalue weighted by molar-refractivity contribution is 9.10. The van der Waals surface area contributed by atoms with E-state index in [1.54, 1.807) is 25.3 Å². The van der Waals surface area contributed by atoms with Crippen LogP contribution in [0.25, 0.3) is 6.08 Å². The van der Waals surface area contributed by atoms with Gasteiger partial charge in [-0.25, -0.2) is 0 Å². The van der Waals surface area contributed by atoms with Gasteiger partial charge in [0.2, 0.25) is 5.91 Å². The molecule has 30 heavy (non-hydrogen) atoms. The van der Waals surface area contributed by atoms with Crippen LogP contribution in [0, 0.1) is 0 Å². The Morgan fingerprint density at radius 2 is 2.03 bits per heavy atom. The van der Waals surface area contributed by atoms with Gasteiger partial charge in [-0.15, -0.1) is 0 Å². The Labute approximate surface area is 184 Å². The smallest absolute Gasteiger partial charge is 0.294 e. The fraction of sp³-hybridized carbons (Fsp3) is 0.304. The van der Waals surface area contributed by atoms with E-state index in [-0.39, 0.29) is 30.2 Å². The van der Waals surface area contributed by atoms with Gasteiger partial charge in [0.1, 0.15) is 12.3 Å². The molecule has 1 heterocycles. The summed E-state index contributed by atoms with van der Waals surface area (Å²) in [5.41, 5.74) is 1.37. The maximum Gasteiger partial charge on any atom is 0.294 e. The van der Waals surface area contributed by atoms with Crippen LogP contribution in [0.1, 0.15) is 31.2 Å². The van der Waals surface area contributed by atoms with Gasteiger partial charge in [-0.1, -0.05) is 31.0 Å². The minimum Gasteiger partial charge on any atom is -0.496 e. The summed E-state index contributed by atoms with van der Waals surface area (Å²) in [6, 6.07) is 12.9. The monoisotopic (exact) mass is 470 g/mol. The van der Waals surface area contributed by atoms with E-state index in [9.17, 15) is 9.59 Å². The zero-order valence-corrected chi connectivity index (χ0v) is 18.3. The number of nitrogens with one attached hydrogen (secondary N) is 1. The first kappa shape index (κ1) is 20.5. The molecule has 0 radical (unpaired) electrons. The quantitative estimate of drug-likeness (QED) is 0.662. The third kappa shape index (κ3) is 4.36. The number of rotatable bonds is 5. The third-order valence-corrected chi connectivity index (χ3v) is 5.95. The van der Waals surface area contributed by atoms with Crippen LogP contribution in [0.4, 0.5) is 5.69 Å². The molecule has 1 saturated carbocycles. The number of halogens is 1. The van der Waals surface area contributed by atoms with Crippen LogP contribution < -0.4 is 19.7 Å². The van der Waals surface area contributed by atoms with E-state index >= 15 is 0 Å². The normalized spacial score (nSPS) is 17.6. The van der Waals surface area contributed by atoms with Gasteiger partial charge < -0.3 is 14.8 Å². The van der Waals surface area contributed by atoms with Crippen molar-refractivity contribution in [2.75, 3.05) is 18.6 Å². The number of para-hydroxylation sites is 2. The predicted octanol–water partition coefficient (Wildman–Crippen LogP) is 4.28. The lowest BCUT2D eigenvalue weighted by Crippen LogP contribution is -2.46. The summed E-state index contributed by atoms with van der Waals surface area (Å²) >= 11 is 3.46. The van der Waals surface area contributed by atoms with Crippen molar-refractivity contribution in [2.45, 2.75) is 31.7 Å². The molecule has 2 aliphatic rings. The van der Waals surface area contributed by atoms with Crippen molar-refractivity contribution in [3.8, 4) is 11.5 Å². The number of hydrogen-bond acceptors (Lipinski definition) is 4. The molecule has 0 bridgehead atoms. The highest BCUT2D eigenvalue weighted by Gasteiger charge is 2.32. The minimum atomic E-state index is -0.345. The van der Waals surface area contributed by atoms with E-state index in [2.05, 4.69) is 21.2 Å². The molecule has 6 nitrogen and oxygen atoms in total. The number of ether oxygens (including phenoxy) is 2. The highest BCUT2D eigenvalue weighted by atomic mass is 79.9. The Balaban J connectivity index is 1.60. The second-order valence-corrected chi connectivity index (χ2v) is 8.27. The number of nitrogens with zero attached hydrogens (tertiary/aromatic N) is 1. The van der Waals surface area contributed by atoms with E-state index < -0.39 is 0 Å². The van der Waals surface area contributed by atoms with E-state index in [4.69, 9.17) is 9.47 Å². The Bertz CT molecular complexity index is 998. The first-order valence-corrected chi connectivity index (χ1v) is 10.8. The lowest BCUT2D eigenvalue weighted by molar-refractivity contribution is -0.123. The van der Waals surface area contributed by atoms with Crippen LogP contribution in [-0.4, -0.2) is 31.5 Å². The molecule has 2 aromatic carbocycles. The summed E-state index contributed by atoms with van der Waals surface area (Å²) < 4.78 is 11.9. The van der Waals surface area contributed by atoms with E-state index in [0.717, 1.165) is 35.7 Å². The standard InChI is InChI=1S/C23H23BrN2O4/c1-29-19-11-10-15(12-17(19)24)13-21-23(28)26(18-8-4-5-9-20(18)30-21)14-22(27)25-16-6-2-3-7-16/h4-5,8-13,16H,2-3,6-7,14H2,1H3,(H,25,27). The van der Waals surface area contributed by atoms with Crippen molar-refractivity contribution in [3.63, 3.8) is 0 Å². The number of fused-ring (bicyclic) bond motifs is 1. The number of hydrogen-bond donors (Lipinski definition) is 1. The topological polar surface area (TPSA) is 67.9 Å². The van der Waals surface area contributed by atoms with Crippen LogP contribution in [0.3, 0.4) is 0 Å². The number of amides is 2. The Kier molecular flexibility index (Phi) is 6.08. The largest absolute Gasteiger partial charge is 0.496 e. The summed E-state index contributed by atoms with van der Waals surface area (Å²) in [4.78, 5) is 27.3. The van der Waals surface area contributed by atoms with Gasteiger partial charge in [-0.2, -0.15) is 0 Å². The zero-order chi connectivity index (χ0) is 21.1. The third-order valence-electron chi connectivity index (χ3n) is 5.33. The molecule has 1 aliphatic carbocycles. The number of carbonyl (C=O) groups excluding carboxylic acids is 2. The number of benzene rings is 2. The molecule has 1 fully saturated rings. The van der Waals surface area contributed by atoms with E-state index in [1.807, 2.05) is 30.3 Å². The first-order chi connectivity index (χ1) is 14.5. The summed E-state index contributed by atoms with van der Waals surface area (Å²) in [6.45, 7) is -0.0423. The highest BCUT2D eigenvalue weighted by Crippen LogP contribution is 2.36. The molecule has 2 amide bonds. The molecule has 0 saturated heterocycles. The molecule has 1 N–H and O–H groups in total. The Morgan fingerprint density at radius 3 is 2.77 bits per heavy atom. The van der Waals surface area contributed by atoms with E-state index in [1.165, 1.54) is 4.90 Å². The van der Waals surface area contributed by atoms with Crippen LogP contribution in [0.5, 0.6) is 11.5 Å². The van der Waals surface area contributed by atoms with Crippen LogP contribution in [-0.2, 0) is 9.59 Å². The van der Waals surface area contributed by atoms with Crippen molar-refractivity contribution >= 4 is 39.5 Å². The fourth-order valence-electron chi connectivity index (χ4n) is 3.83. The number of methoxy groups -OCH3 is 1. The van der Waals surface area contributed by atoms with Crippen molar-refractivity contribution in [1.29, 1.82) is 0 Å². The summed E-state index contributed by atoms with van der Waals surface area (Å²) in [5, 5.41) is 3.05. The maximum atomic E-state index is 13.2. The minimum absolute atomic E-state index is 0.0423. The average Bonchev–Trinajstić information content (AvgIpc) is 3.24. The summed E-state index contributed by atoms with van der Waals surface area (Å²) in [7, 11) is 1.59. The molecule has 1 aliphatic heterocycles. The van der Waals surface area contributed by atoms with E-state index in [0.29, 0.717) is 17.2 Å².